The molecule has 1 amide bonds. The molecule has 0 aliphatic rings. The molecule has 0 fully saturated rings. The molecule has 5 heteroatoms. The smallest absolute Gasteiger partial charge is 0.255 e. The minimum atomic E-state index is -0.164. The van der Waals surface area contributed by atoms with Gasteiger partial charge in [0.2, 0.25) is 0 Å². The SMILES string of the molecule is COc1cc(SC)ccc1C(=O)NCCOc1cccc(C)c1. The number of benzene rings is 2. The van der Waals surface area contributed by atoms with E-state index in [1.54, 1.807) is 24.9 Å². The highest BCUT2D eigenvalue weighted by Gasteiger charge is 2.12. The summed E-state index contributed by atoms with van der Waals surface area (Å²) in [6.07, 6.45) is 1.98. The lowest BCUT2D eigenvalue weighted by molar-refractivity contribution is 0.0944. The molecular weight excluding hydrogens is 310 g/mol. The van der Waals surface area contributed by atoms with Crippen molar-refractivity contribution in [1.29, 1.82) is 0 Å². The summed E-state index contributed by atoms with van der Waals surface area (Å²) < 4.78 is 10.9. The Morgan fingerprint density at radius 2 is 2.04 bits per heavy atom. The van der Waals surface area contributed by atoms with Crippen molar-refractivity contribution in [1.82, 2.24) is 5.32 Å². The topological polar surface area (TPSA) is 47.6 Å². The van der Waals surface area contributed by atoms with E-state index >= 15 is 0 Å². The quantitative estimate of drug-likeness (QED) is 0.623. The first-order chi connectivity index (χ1) is 11.1. The van der Waals surface area contributed by atoms with Crippen LogP contribution in [-0.2, 0) is 0 Å². The largest absolute Gasteiger partial charge is 0.496 e. The lowest BCUT2D eigenvalue weighted by Gasteiger charge is -2.11. The van der Waals surface area contributed by atoms with Crippen LogP contribution in [0, 0.1) is 6.92 Å². The molecule has 1 N–H and O–H groups in total. The molecule has 0 spiro atoms. The normalized spacial score (nSPS) is 10.2. The van der Waals surface area contributed by atoms with Crippen LogP contribution in [0.3, 0.4) is 0 Å². The molecule has 0 aliphatic heterocycles. The second kappa shape index (κ2) is 8.48. The van der Waals surface area contributed by atoms with Gasteiger partial charge in [0.25, 0.3) is 5.91 Å². The van der Waals surface area contributed by atoms with E-state index in [1.165, 1.54) is 0 Å². The summed E-state index contributed by atoms with van der Waals surface area (Å²) in [5, 5.41) is 2.85. The molecule has 0 radical (unpaired) electrons. The Labute approximate surface area is 141 Å². The van der Waals surface area contributed by atoms with E-state index in [9.17, 15) is 4.79 Å². The van der Waals surface area contributed by atoms with Gasteiger partial charge in [-0.15, -0.1) is 11.8 Å². The van der Waals surface area contributed by atoms with Crippen LogP contribution in [0.1, 0.15) is 15.9 Å². The molecule has 0 heterocycles. The van der Waals surface area contributed by atoms with E-state index in [0.29, 0.717) is 24.5 Å². The number of amides is 1. The second-order valence-electron chi connectivity index (χ2n) is 4.99. The van der Waals surface area contributed by atoms with E-state index in [1.807, 2.05) is 49.6 Å². The number of carbonyl (C=O) groups is 1. The first-order valence-electron chi connectivity index (χ1n) is 7.33. The maximum Gasteiger partial charge on any atom is 0.255 e. The zero-order valence-electron chi connectivity index (χ0n) is 13.6. The van der Waals surface area contributed by atoms with Gasteiger partial charge in [0.05, 0.1) is 19.2 Å². The number of aryl methyl sites for hydroxylation is 1. The zero-order valence-corrected chi connectivity index (χ0v) is 14.4. The molecule has 0 saturated carbocycles. The van der Waals surface area contributed by atoms with Crippen molar-refractivity contribution < 1.29 is 14.3 Å². The number of carbonyl (C=O) groups excluding carboxylic acids is 1. The maximum absolute atomic E-state index is 12.2. The first-order valence-corrected chi connectivity index (χ1v) is 8.56. The molecule has 0 bridgehead atoms. The summed E-state index contributed by atoms with van der Waals surface area (Å²) in [5.41, 5.74) is 1.67. The number of nitrogens with one attached hydrogen (secondary N) is 1. The van der Waals surface area contributed by atoms with E-state index < -0.39 is 0 Å². The van der Waals surface area contributed by atoms with Crippen molar-refractivity contribution in [3.8, 4) is 11.5 Å². The first kappa shape index (κ1) is 17.2. The highest BCUT2D eigenvalue weighted by atomic mass is 32.2. The standard InChI is InChI=1S/C18H21NO3S/c1-13-5-4-6-14(11-13)22-10-9-19-18(20)16-8-7-15(23-3)12-17(16)21-2/h4-8,11-12H,9-10H2,1-3H3,(H,19,20). The molecule has 2 rings (SSSR count). The molecule has 0 unspecified atom stereocenters. The molecule has 0 atom stereocenters. The van der Waals surface area contributed by atoms with E-state index in [4.69, 9.17) is 9.47 Å². The third-order valence-corrected chi connectivity index (χ3v) is 4.02. The van der Waals surface area contributed by atoms with Gasteiger partial charge in [-0.1, -0.05) is 12.1 Å². The predicted molar refractivity (Wildman–Crippen MR) is 93.8 cm³/mol. The van der Waals surface area contributed by atoms with Crippen molar-refractivity contribution in [2.24, 2.45) is 0 Å². The predicted octanol–water partition coefficient (Wildman–Crippen LogP) is 3.53. The Morgan fingerprint density at radius 3 is 2.74 bits per heavy atom. The molecule has 2 aromatic carbocycles. The summed E-state index contributed by atoms with van der Waals surface area (Å²) in [6, 6.07) is 13.4. The van der Waals surface area contributed by atoms with Gasteiger partial charge in [0, 0.05) is 4.90 Å². The molecule has 4 nitrogen and oxygen atoms in total. The molecule has 0 aromatic heterocycles. The van der Waals surface area contributed by atoms with Crippen LogP contribution >= 0.6 is 11.8 Å². The minimum Gasteiger partial charge on any atom is -0.496 e. The highest BCUT2D eigenvalue weighted by molar-refractivity contribution is 7.98. The average molecular weight is 331 g/mol. The summed E-state index contributed by atoms with van der Waals surface area (Å²) in [7, 11) is 1.57. The van der Waals surface area contributed by atoms with Gasteiger partial charge >= 0.3 is 0 Å². The molecule has 122 valence electrons. The van der Waals surface area contributed by atoms with Gasteiger partial charge in [-0.05, 0) is 49.1 Å². The number of hydrogen-bond donors (Lipinski definition) is 1. The Kier molecular flexibility index (Phi) is 6.35. The number of rotatable bonds is 7. The second-order valence-corrected chi connectivity index (χ2v) is 5.87. The van der Waals surface area contributed by atoms with Crippen molar-refractivity contribution >= 4 is 17.7 Å². The van der Waals surface area contributed by atoms with E-state index in [-0.39, 0.29) is 5.91 Å². The number of methoxy groups -OCH3 is 1. The van der Waals surface area contributed by atoms with Crippen LogP contribution in [0.2, 0.25) is 0 Å². The monoisotopic (exact) mass is 331 g/mol. The lowest BCUT2D eigenvalue weighted by atomic mass is 10.2. The average Bonchev–Trinajstić information content (AvgIpc) is 2.58. The van der Waals surface area contributed by atoms with Gasteiger partial charge in [-0.3, -0.25) is 4.79 Å². The summed E-state index contributed by atoms with van der Waals surface area (Å²) in [6.45, 7) is 2.86. The van der Waals surface area contributed by atoms with Crippen LogP contribution in [0.4, 0.5) is 0 Å². The summed E-state index contributed by atoms with van der Waals surface area (Å²) >= 11 is 1.61. The minimum absolute atomic E-state index is 0.164. The number of thioether (sulfide) groups is 1. The Balaban J connectivity index is 1.87. The third-order valence-electron chi connectivity index (χ3n) is 3.30. The fraction of sp³-hybridized carbons (Fsp3) is 0.278. The molecule has 23 heavy (non-hydrogen) atoms. The van der Waals surface area contributed by atoms with Crippen molar-refractivity contribution in [3.05, 3.63) is 53.6 Å². The van der Waals surface area contributed by atoms with Gasteiger partial charge in [-0.2, -0.15) is 0 Å². The maximum atomic E-state index is 12.2. The van der Waals surface area contributed by atoms with Crippen LogP contribution in [0.15, 0.2) is 47.4 Å². The van der Waals surface area contributed by atoms with Gasteiger partial charge in [0.15, 0.2) is 0 Å². The fourth-order valence-corrected chi connectivity index (χ4v) is 2.55. The Bertz CT molecular complexity index is 673. The lowest BCUT2D eigenvalue weighted by Crippen LogP contribution is -2.28. The van der Waals surface area contributed by atoms with Crippen LogP contribution < -0.4 is 14.8 Å². The van der Waals surface area contributed by atoms with Crippen molar-refractivity contribution in [2.45, 2.75) is 11.8 Å². The van der Waals surface area contributed by atoms with Crippen LogP contribution in [-0.4, -0.2) is 32.4 Å². The van der Waals surface area contributed by atoms with Crippen LogP contribution in [0.5, 0.6) is 11.5 Å². The zero-order chi connectivity index (χ0) is 16.7. The Hall–Kier alpha value is -2.14. The Morgan fingerprint density at radius 1 is 1.22 bits per heavy atom. The third kappa shape index (κ3) is 4.93. The number of hydrogen-bond acceptors (Lipinski definition) is 4. The van der Waals surface area contributed by atoms with Crippen LogP contribution in [0.25, 0.3) is 0 Å². The molecule has 0 saturated heterocycles. The fourth-order valence-electron chi connectivity index (χ4n) is 2.12. The molecular formula is C18H21NO3S. The van der Waals surface area contributed by atoms with E-state index in [2.05, 4.69) is 5.32 Å². The molecule has 0 aliphatic carbocycles. The molecule has 2 aromatic rings. The van der Waals surface area contributed by atoms with Crippen molar-refractivity contribution in [2.75, 3.05) is 26.5 Å². The summed E-state index contributed by atoms with van der Waals surface area (Å²) in [5.74, 6) is 1.22. The van der Waals surface area contributed by atoms with Gasteiger partial charge in [-0.25, -0.2) is 0 Å². The highest BCUT2D eigenvalue weighted by Crippen LogP contribution is 2.25. The van der Waals surface area contributed by atoms with Crippen molar-refractivity contribution in [3.63, 3.8) is 0 Å². The number of ether oxygens (including phenoxy) is 2. The van der Waals surface area contributed by atoms with E-state index in [0.717, 1.165) is 16.2 Å². The summed E-state index contributed by atoms with van der Waals surface area (Å²) in [4.78, 5) is 13.3. The van der Waals surface area contributed by atoms with Gasteiger partial charge in [0.1, 0.15) is 18.1 Å². The van der Waals surface area contributed by atoms with Gasteiger partial charge < -0.3 is 14.8 Å².